The fourth-order valence-electron chi connectivity index (χ4n) is 3.04. The Kier molecular flexibility index (Phi) is 6.32. The van der Waals surface area contributed by atoms with Crippen molar-refractivity contribution in [3.05, 3.63) is 90.5 Å². The number of aromatic nitrogens is 1. The summed E-state index contributed by atoms with van der Waals surface area (Å²) in [6.45, 7) is 0. The Hall–Kier alpha value is -3.52. The highest BCUT2D eigenvalue weighted by molar-refractivity contribution is 7.99. The summed E-state index contributed by atoms with van der Waals surface area (Å²) in [5, 5.41) is 2.77. The second-order valence-electron chi connectivity index (χ2n) is 6.80. The Morgan fingerprint density at radius 1 is 0.906 bits per heavy atom. The molecule has 1 amide bonds. The molecule has 0 aliphatic carbocycles. The number of nitrogens with zero attached hydrogens (tertiary/aromatic N) is 1. The summed E-state index contributed by atoms with van der Waals surface area (Å²) >= 11 is 1.07. The molecule has 0 bridgehead atoms. The molecule has 0 atom stereocenters. The van der Waals surface area contributed by atoms with E-state index >= 15 is 0 Å². The quantitative estimate of drug-likeness (QED) is 0.327. The SMILES string of the molecule is O=C(CSc1nc(-c2ccccc2)c(-c2ccccc2)o1)Nc1cccc(C(F)(F)F)c1. The molecule has 1 heterocycles. The van der Waals surface area contributed by atoms with Crippen LogP contribution in [0.3, 0.4) is 0 Å². The summed E-state index contributed by atoms with van der Waals surface area (Å²) < 4.78 is 44.5. The van der Waals surface area contributed by atoms with Gasteiger partial charge in [0.05, 0.1) is 11.3 Å². The van der Waals surface area contributed by atoms with Crippen molar-refractivity contribution in [2.45, 2.75) is 11.4 Å². The molecule has 0 saturated heterocycles. The van der Waals surface area contributed by atoms with Gasteiger partial charge >= 0.3 is 6.18 Å². The van der Waals surface area contributed by atoms with Crippen LogP contribution in [-0.2, 0) is 11.0 Å². The molecule has 0 fully saturated rings. The van der Waals surface area contributed by atoms with Crippen molar-refractivity contribution in [3.8, 4) is 22.6 Å². The van der Waals surface area contributed by atoms with Crippen molar-refractivity contribution in [2.75, 3.05) is 11.1 Å². The van der Waals surface area contributed by atoms with Crippen LogP contribution in [0, 0.1) is 0 Å². The summed E-state index contributed by atoms with van der Waals surface area (Å²) in [6, 6.07) is 23.5. The molecule has 3 aromatic carbocycles. The first-order chi connectivity index (χ1) is 15.4. The number of hydrogen-bond acceptors (Lipinski definition) is 4. The number of thioether (sulfide) groups is 1. The lowest BCUT2D eigenvalue weighted by molar-refractivity contribution is -0.137. The standard InChI is InChI=1S/C24H17F3N2O2S/c25-24(26,27)18-12-7-13-19(14-18)28-20(30)15-32-23-29-21(16-8-3-1-4-9-16)22(31-23)17-10-5-2-6-11-17/h1-14H,15H2,(H,28,30). The first-order valence-corrected chi connectivity index (χ1v) is 10.6. The molecule has 32 heavy (non-hydrogen) atoms. The van der Waals surface area contributed by atoms with Crippen molar-refractivity contribution < 1.29 is 22.4 Å². The molecular formula is C24H17F3N2O2S. The Morgan fingerprint density at radius 3 is 2.22 bits per heavy atom. The third kappa shape index (κ3) is 5.20. The van der Waals surface area contributed by atoms with Crippen LogP contribution in [-0.4, -0.2) is 16.6 Å². The Bertz CT molecular complexity index is 1150. The van der Waals surface area contributed by atoms with Crippen LogP contribution in [0.25, 0.3) is 22.6 Å². The van der Waals surface area contributed by atoms with Gasteiger partial charge in [0, 0.05) is 16.8 Å². The second-order valence-corrected chi connectivity index (χ2v) is 7.73. The monoisotopic (exact) mass is 454 g/mol. The number of amides is 1. The predicted octanol–water partition coefficient (Wildman–Crippen LogP) is 6.76. The van der Waals surface area contributed by atoms with Gasteiger partial charge in [0.15, 0.2) is 5.76 Å². The summed E-state index contributed by atoms with van der Waals surface area (Å²) in [7, 11) is 0. The van der Waals surface area contributed by atoms with E-state index in [4.69, 9.17) is 4.42 Å². The molecule has 0 aliphatic heterocycles. The van der Waals surface area contributed by atoms with Gasteiger partial charge in [-0.3, -0.25) is 4.79 Å². The number of benzene rings is 3. The van der Waals surface area contributed by atoms with E-state index in [2.05, 4.69) is 10.3 Å². The fourth-order valence-corrected chi connectivity index (χ4v) is 3.66. The lowest BCUT2D eigenvalue weighted by atomic mass is 10.1. The average molecular weight is 454 g/mol. The lowest BCUT2D eigenvalue weighted by Crippen LogP contribution is -2.15. The zero-order chi connectivity index (χ0) is 22.6. The van der Waals surface area contributed by atoms with E-state index in [1.165, 1.54) is 12.1 Å². The van der Waals surface area contributed by atoms with Crippen LogP contribution >= 0.6 is 11.8 Å². The molecule has 1 N–H and O–H groups in total. The van der Waals surface area contributed by atoms with E-state index in [0.717, 1.165) is 35.0 Å². The molecule has 0 aliphatic rings. The number of rotatable bonds is 6. The van der Waals surface area contributed by atoms with Crippen LogP contribution < -0.4 is 5.32 Å². The van der Waals surface area contributed by atoms with Gasteiger partial charge in [-0.05, 0) is 18.2 Å². The third-order valence-electron chi connectivity index (χ3n) is 4.49. The lowest BCUT2D eigenvalue weighted by Gasteiger charge is -2.09. The normalized spacial score (nSPS) is 11.3. The van der Waals surface area contributed by atoms with Crippen molar-refractivity contribution in [2.24, 2.45) is 0 Å². The minimum Gasteiger partial charge on any atom is -0.431 e. The van der Waals surface area contributed by atoms with E-state index in [1.54, 1.807) is 0 Å². The zero-order valence-corrected chi connectivity index (χ0v) is 17.4. The average Bonchev–Trinajstić information content (AvgIpc) is 3.23. The molecule has 4 aromatic rings. The van der Waals surface area contributed by atoms with E-state index in [9.17, 15) is 18.0 Å². The summed E-state index contributed by atoms with van der Waals surface area (Å²) in [5.74, 6) is 0.0480. The summed E-state index contributed by atoms with van der Waals surface area (Å²) in [6.07, 6.45) is -4.48. The van der Waals surface area contributed by atoms with Crippen LogP contribution in [0.15, 0.2) is 94.6 Å². The van der Waals surface area contributed by atoms with Gasteiger partial charge in [0.25, 0.3) is 5.22 Å². The molecule has 4 nitrogen and oxygen atoms in total. The predicted molar refractivity (Wildman–Crippen MR) is 118 cm³/mol. The van der Waals surface area contributed by atoms with E-state index < -0.39 is 17.6 Å². The number of carbonyl (C=O) groups excluding carboxylic acids is 1. The fraction of sp³-hybridized carbons (Fsp3) is 0.0833. The molecule has 0 unspecified atom stereocenters. The minimum absolute atomic E-state index is 0.0702. The van der Waals surface area contributed by atoms with E-state index in [1.807, 2.05) is 60.7 Å². The number of halogens is 3. The number of nitrogens with one attached hydrogen (secondary N) is 1. The molecular weight excluding hydrogens is 437 g/mol. The topological polar surface area (TPSA) is 55.1 Å². The van der Waals surface area contributed by atoms with Gasteiger partial charge in [-0.2, -0.15) is 13.2 Å². The van der Waals surface area contributed by atoms with Crippen LogP contribution in [0.4, 0.5) is 18.9 Å². The Balaban J connectivity index is 1.50. The van der Waals surface area contributed by atoms with Gasteiger partial charge in [-0.1, -0.05) is 78.5 Å². The molecule has 8 heteroatoms. The first kappa shape index (κ1) is 21.7. The molecule has 162 valence electrons. The number of alkyl halides is 3. The van der Waals surface area contributed by atoms with Crippen molar-refractivity contribution in [3.63, 3.8) is 0 Å². The van der Waals surface area contributed by atoms with Crippen molar-refractivity contribution in [1.29, 1.82) is 0 Å². The minimum atomic E-state index is -4.48. The van der Waals surface area contributed by atoms with Gasteiger partial charge in [0.1, 0.15) is 5.69 Å². The van der Waals surface area contributed by atoms with E-state index in [-0.39, 0.29) is 11.4 Å². The third-order valence-corrected chi connectivity index (χ3v) is 5.32. The van der Waals surface area contributed by atoms with Crippen molar-refractivity contribution >= 4 is 23.4 Å². The van der Waals surface area contributed by atoms with Crippen LogP contribution in [0.5, 0.6) is 0 Å². The van der Waals surface area contributed by atoms with Crippen LogP contribution in [0.2, 0.25) is 0 Å². The zero-order valence-electron chi connectivity index (χ0n) is 16.6. The first-order valence-electron chi connectivity index (χ1n) is 9.62. The highest BCUT2D eigenvalue weighted by atomic mass is 32.2. The number of anilines is 1. The molecule has 0 saturated carbocycles. The van der Waals surface area contributed by atoms with Gasteiger partial charge in [0.2, 0.25) is 5.91 Å². The van der Waals surface area contributed by atoms with Gasteiger partial charge in [-0.15, -0.1) is 0 Å². The second kappa shape index (κ2) is 9.32. The Labute approximate surface area is 186 Å². The van der Waals surface area contributed by atoms with Gasteiger partial charge in [-0.25, -0.2) is 4.98 Å². The maximum absolute atomic E-state index is 12.9. The summed E-state index contributed by atoms with van der Waals surface area (Å²) in [5.41, 5.74) is 1.62. The van der Waals surface area contributed by atoms with Crippen LogP contribution in [0.1, 0.15) is 5.56 Å². The van der Waals surface area contributed by atoms with Gasteiger partial charge < -0.3 is 9.73 Å². The highest BCUT2D eigenvalue weighted by Crippen LogP contribution is 2.35. The largest absolute Gasteiger partial charge is 0.431 e. The molecule has 0 spiro atoms. The van der Waals surface area contributed by atoms with E-state index in [0.29, 0.717) is 16.7 Å². The Morgan fingerprint density at radius 2 is 1.56 bits per heavy atom. The maximum Gasteiger partial charge on any atom is 0.416 e. The smallest absolute Gasteiger partial charge is 0.416 e. The number of oxazole rings is 1. The maximum atomic E-state index is 12.9. The summed E-state index contributed by atoms with van der Waals surface area (Å²) in [4.78, 5) is 16.8. The highest BCUT2D eigenvalue weighted by Gasteiger charge is 2.30. The molecule has 4 rings (SSSR count). The molecule has 0 radical (unpaired) electrons. The number of hydrogen-bond donors (Lipinski definition) is 1. The molecule has 1 aromatic heterocycles. The van der Waals surface area contributed by atoms with Crippen molar-refractivity contribution in [1.82, 2.24) is 4.98 Å². The number of carbonyl (C=O) groups is 1.